The Labute approximate surface area is 203 Å². The normalized spacial score (nSPS) is 6.75. The molecule has 0 saturated carbocycles. The summed E-state index contributed by atoms with van der Waals surface area (Å²) in [5.41, 5.74) is 0. The summed E-state index contributed by atoms with van der Waals surface area (Å²) in [6, 6.07) is 0. The maximum atomic E-state index is 4.94. The Balaban J connectivity index is -0.0000000469. The molecule has 120 valence electrons. The Morgan fingerprint density at radius 3 is 0.200 bits per heavy atom. The van der Waals surface area contributed by atoms with E-state index in [2.05, 4.69) is 0 Å². The maximum Gasteiger partial charge on any atom is 0.643 e. The molecule has 0 aromatic heterocycles. The Morgan fingerprint density at radius 2 is 0.200 bits per heavy atom. The highest BCUT2D eigenvalue weighted by Gasteiger charge is 2.01. The fourth-order valence-corrected chi connectivity index (χ4v) is 0. The molecule has 0 aliphatic carbocycles. The smallest absolute Gasteiger partial charge is 0.214 e. The summed E-state index contributed by atoms with van der Waals surface area (Å²) in [6.07, 6.45) is 0. The van der Waals surface area contributed by atoms with Gasteiger partial charge in [-0.05, 0) is 0 Å². The molecule has 0 saturated heterocycles. The lowest BCUT2D eigenvalue weighted by Crippen LogP contribution is -1.66. The largest absolute Gasteiger partial charge is 0.643 e. The first-order valence-electron chi connectivity index (χ1n) is 3.27. The quantitative estimate of drug-likeness (QED) is 0.228. The van der Waals surface area contributed by atoms with Crippen molar-refractivity contribution in [1.82, 2.24) is 0 Å². The Morgan fingerprint density at radius 1 is 0.200 bits per heavy atom. The van der Waals surface area contributed by atoms with Crippen LogP contribution in [0, 0.1) is 0 Å². The predicted molar refractivity (Wildman–Crippen MR) is 117 cm³/mol. The summed E-state index contributed by atoms with van der Waals surface area (Å²) in [6.45, 7) is 0. The van der Waals surface area contributed by atoms with Gasteiger partial charge in [-0.2, -0.15) is 0 Å². The zero-order valence-corrected chi connectivity index (χ0v) is 25.7. The zero-order chi connectivity index (χ0) is 17.9. The molecule has 0 bridgehead atoms. The van der Waals surface area contributed by atoms with E-state index in [0.717, 1.165) is 0 Å². The lowest BCUT2D eigenvalue weighted by molar-refractivity contribution is 4.07. The van der Waals surface area contributed by atoms with Crippen molar-refractivity contribution in [3.05, 3.63) is 0 Å². The van der Waals surface area contributed by atoms with Crippen molar-refractivity contribution in [3.8, 4) is 0 Å². The molecule has 0 rings (SSSR count). The summed E-state index contributed by atoms with van der Waals surface area (Å²) in [5.74, 6) is 0. The van der Waals surface area contributed by atoms with Crippen LogP contribution in [0.4, 0.5) is 0 Å². The van der Waals surface area contributed by atoms with Crippen LogP contribution in [0.2, 0.25) is 0 Å². The molecule has 20 heavy (non-hydrogen) atoms. The zero-order valence-electron chi connectivity index (χ0n) is 8.56. The van der Waals surface area contributed by atoms with E-state index in [1.807, 2.05) is 0 Å². The second kappa shape index (κ2) is 33.6. The molecule has 20 heteroatoms. The molecule has 0 N–H and O–H groups in total. The highest BCUT2D eigenvalue weighted by Crippen LogP contribution is 1.98. The molecule has 0 spiro atoms. The van der Waals surface area contributed by atoms with E-state index >= 15 is 0 Å². The fourth-order valence-electron chi connectivity index (χ4n) is 0. The molecule has 0 aliphatic heterocycles. The van der Waals surface area contributed by atoms with Gasteiger partial charge in [0.15, 0.2) is 0 Å². The Hall–Kier alpha value is 7.01. The van der Waals surface area contributed by atoms with Gasteiger partial charge in [-0.25, -0.2) is 151 Å². The van der Waals surface area contributed by atoms with Gasteiger partial charge in [-0.1, -0.05) is 0 Å². The van der Waals surface area contributed by atoms with Crippen molar-refractivity contribution in [1.29, 1.82) is 0 Å². The second-order valence-electron chi connectivity index (χ2n) is 1.24. The second-order valence-corrected chi connectivity index (χ2v) is 33.4. The van der Waals surface area contributed by atoms with Crippen LogP contribution in [0.15, 0.2) is 0 Å². The summed E-state index contributed by atoms with van der Waals surface area (Å²) in [5, 5.41) is 0. The highest BCUT2D eigenvalue weighted by atomic mass is 35.8. The molecule has 0 aromatic rings. The standard InChI is InChI=1S/5Al.15ClH/h;;;;;15*1H/q5*+3;;;;;;;;;;;;;;;/p-15. The maximum absolute atomic E-state index is 4.94. The minimum absolute atomic E-state index is 1.72. The highest BCUT2D eigenvalue weighted by molar-refractivity contribution is 7.55. The summed E-state index contributed by atoms with van der Waals surface area (Å²) in [4.78, 5) is 0. The lowest BCUT2D eigenvalue weighted by Gasteiger charge is -1.57. The Bertz CT molecular complexity index is 74.8. The van der Waals surface area contributed by atoms with Crippen LogP contribution in [-0.4, -0.2) is 56.9 Å². The number of hydrogen-bond donors (Lipinski definition) is 0. The first-order valence-corrected chi connectivity index (χ1v) is 29.5. The third-order valence-electron chi connectivity index (χ3n) is 0. The first kappa shape index (κ1) is 37.7. The van der Waals surface area contributed by atoms with Gasteiger partial charge < -0.3 is 0 Å². The van der Waals surface area contributed by atoms with Crippen LogP contribution in [0.5, 0.6) is 0 Å². The molecule has 0 aromatic carbocycles. The summed E-state index contributed by atoms with van der Waals surface area (Å²) < 4.78 is 0. The van der Waals surface area contributed by atoms with Crippen LogP contribution in [0.1, 0.15) is 0 Å². The van der Waals surface area contributed by atoms with Crippen LogP contribution in [-0.2, 0) is 0 Å². The van der Waals surface area contributed by atoms with Crippen LogP contribution in [0.3, 0.4) is 0 Å². The predicted octanol–water partition coefficient (Wildman–Crippen LogP) is 8.44. The molecular weight excluding hydrogens is 667 g/mol. The van der Waals surface area contributed by atoms with Crippen LogP contribution < -0.4 is 0 Å². The number of rotatable bonds is 0. The number of halogens is 15. The van der Waals surface area contributed by atoms with Gasteiger partial charge in [-0.3, -0.25) is 0 Å². The molecule has 0 heterocycles. The van der Waals surface area contributed by atoms with Crippen LogP contribution in [0.25, 0.3) is 0 Å². The molecule has 0 nitrogen and oxygen atoms in total. The van der Waals surface area contributed by atoms with Crippen molar-refractivity contribution < 1.29 is 0 Å². The van der Waals surface area contributed by atoms with Crippen molar-refractivity contribution in [2.24, 2.45) is 0 Å². The third kappa shape index (κ3) is 293. The van der Waals surface area contributed by atoms with Gasteiger partial charge in [0.25, 0.3) is 0 Å². The van der Waals surface area contributed by atoms with Gasteiger partial charge in [0, 0.05) is 0 Å². The van der Waals surface area contributed by atoms with E-state index in [-0.39, 0.29) is 0 Å². The van der Waals surface area contributed by atoms with E-state index in [4.69, 9.17) is 151 Å². The van der Waals surface area contributed by atoms with Gasteiger partial charge in [0.2, 0.25) is 0 Å². The fraction of sp³-hybridized carbons (Fsp3) is 0. The van der Waals surface area contributed by atoms with Gasteiger partial charge in [0.05, 0.1) is 0 Å². The SMILES string of the molecule is [Cl][Al]([Cl])[Cl].[Cl][Al]([Cl])[Cl].[Cl][Al]([Cl])[Cl].[Cl][Al]([Cl])[Cl].[Cl][Al]([Cl])[Cl]. The average molecular weight is 667 g/mol. The van der Waals surface area contributed by atoms with Crippen molar-refractivity contribution in [2.75, 3.05) is 0 Å². The monoisotopic (exact) mass is 659 g/mol. The van der Waals surface area contributed by atoms with Crippen molar-refractivity contribution in [2.45, 2.75) is 0 Å². The molecule has 0 aliphatic rings. The molecular formula is Al5Cl15. The van der Waals surface area contributed by atoms with Crippen LogP contribution >= 0.6 is 151 Å². The average Bonchev–Trinajstić information content (AvgIpc) is 1.94. The van der Waals surface area contributed by atoms with Crippen molar-refractivity contribution >= 4 is 208 Å². The topological polar surface area (TPSA) is 0 Å². The first-order chi connectivity index (χ1) is 8.66. The molecule has 0 atom stereocenters. The molecule has 0 amide bonds. The van der Waals surface area contributed by atoms with E-state index in [9.17, 15) is 0 Å². The lowest BCUT2D eigenvalue weighted by atomic mass is 26.6. The molecule has 0 fully saturated rings. The number of hydrogen-bond acceptors (Lipinski definition) is 0. The van der Waals surface area contributed by atoms with E-state index in [0.29, 0.717) is 0 Å². The van der Waals surface area contributed by atoms with E-state index < -0.39 is 56.9 Å². The van der Waals surface area contributed by atoms with Gasteiger partial charge >= 0.3 is 56.9 Å². The summed E-state index contributed by atoms with van der Waals surface area (Å²) in [7, 11) is 74.2. The minimum atomic E-state index is -1.72. The molecule has 0 unspecified atom stereocenters. The van der Waals surface area contributed by atoms with Gasteiger partial charge in [0.1, 0.15) is 0 Å². The van der Waals surface area contributed by atoms with Gasteiger partial charge in [-0.15, -0.1) is 0 Å². The van der Waals surface area contributed by atoms with E-state index in [1.165, 1.54) is 0 Å². The minimum Gasteiger partial charge on any atom is -0.214 e. The van der Waals surface area contributed by atoms with Crippen molar-refractivity contribution in [3.63, 3.8) is 0 Å². The third-order valence-corrected chi connectivity index (χ3v) is 0. The Kier molecular flexibility index (Phi) is 63.3. The summed E-state index contributed by atoms with van der Waals surface area (Å²) >= 11 is -8.61. The van der Waals surface area contributed by atoms with E-state index in [1.54, 1.807) is 0 Å². The molecule has 0 radical (unpaired) electrons.